The molecule has 1 aromatic heterocycles. The highest BCUT2D eigenvalue weighted by Crippen LogP contribution is 2.26. The lowest BCUT2D eigenvalue weighted by atomic mass is 10.1. The zero-order valence-electron chi connectivity index (χ0n) is 12.2. The van der Waals surface area contributed by atoms with Crippen LogP contribution in [0, 0.1) is 13.8 Å². The van der Waals surface area contributed by atoms with E-state index in [2.05, 4.69) is 9.88 Å². The Morgan fingerprint density at radius 2 is 2.25 bits per heavy atom. The lowest BCUT2D eigenvalue weighted by Gasteiger charge is -2.39. The number of nitrogens with zero attached hydrogens (tertiary/aromatic N) is 2. The second-order valence-electron chi connectivity index (χ2n) is 5.34. The monoisotopic (exact) mass is 278 g/mol. The van der Waals surface area contributed by atoms with Gasteiger partial charge in [0, 0.05) is 18.8 Å². The van der Waals surface area contributed by atoms with Gasteiger partial charge in [-0.2, -0.15) is 0 Å². The number of morpholine rings is 1. The molecule has 0 saturated carbocycles. The Balaban J connectivity index is 2.47. The molecule has 0 spiro atoms. The number of amides is 1. The Kier molecular flexibility index (Phi) is 4.25. The van der Waals surface area contributed by atoms with E-state index in [0.717, 1.165) is 11.3 Å². The number of hydrogen-bond donors (Lipinski definition) is 2. The molecule has 2 atom stereocenters. The van der Waals surface area contributed by atoms with Gasteiger partial charge >= 0.3 is 0 Å². The average Bonchev–Trinajstić information content (AvgIpc) is 2.37. The number of anilines is 1. The molecule has 1 fully saturated rings. The van der Waals surface area contributed by atoms with Crippen molar-refractivity contribution in [1.82, 2.24) is 4.98 Å². The summed E-state index contributed by atoms with van der Waals surface area (Å²) in [6, 6.07) is 2.00. The van der Waals surface area contributed by atoms with Crippen LogP contribution in [0.2, 0.25) is 0 Å². The molecule has 6 heteroatoms. The van der Waals surface area contributed by atoms with Crippen molar-refractivity contribution in [3.8, 4) is 0 Å². The normalized spacial score (nSPS) is 22.9. The number of pyridine rings is 1. The Hall–Kier alpha value is -1.66. The largest absolute Gasteiger partial charge is 0.373 e. The van der Waals surface area contributed by atoms with Gasteiger partial charge in [-0.15, -0.1) is 0 Å². The van der Waals surface area contributed by atoms with Gasteiger partial charge in [0.1, 0.15) is 5.82 Å². The molecule has 4 N–H and O–H groups in total. The molecule has 6 nitrogen and oxygen atoms in total. The van der Waals surface area contributed by atoms with Gasteiger partial charge in [-0.25, -0.2) is 4.98 Å². The quantitative estimate of drug-likeness (QED) is 0.832. The summed E-state index contributed by atoms with van der Waals surface area (Å²) in [6.07, 6.45) is -0.0467. The van der Waals surface area contributed by atoms with E-state index in [4.69, 9.17) is 16.2 Å². The van der Waals surface area contributed by atoms with E-state index in [-0.39, 0.29) is 12.1 Å². The Morgan fingerprint density at radius 1 is 1.55 bits per heavy atom. The first kappa shape index (κ1) is 14.7. The average molecular weight is 278 g/mol. The molecule has 1 saturated heterocycles. The first-order valence-corrected chi connectivity index (χ1v) is 6.80. The van der Waals surface area contributed by atoms with Crippen LogP contribution in [0.5, 0.6) is 0 Å². The smallest absolute Gasteiger partial charge is 0.252 e. The van der Waals surface area contributed by atoms with Crippen molar-refractivity contribution in [2.24, 2.45) is 11.5 Å². The lowest BCUT2D eigenvalue weighted by molar-refractivity contribution is 0.0279. The molecule has 0 aromatic carbocycles. The Bertz CT molecular complexity index is 518. The van der Waals surface area contributed by atoms with Crippen molar-refractivity contribution in [2.45, 2.75) is 32.9 Å². The number of aromatic nitrogens is 1. The van der Waals surface area contributed by atoms with Crippen molar-refractivity contribution >= 4 is 11.7 Å². The highest BCUT2D eigenvalue weighted by Gasteiger charge is 2.29. The van der Waals surface area contributed by atoms with E-state index >= 15 is 0 Å². The van der Waals surface area contributed by atoms with Crippen molar-refractivity contribution in [3.63, 3.8) is 0 Å². The molecule has 110 valence electrons. The third-order valence-corrected chi connectivity index (χ3v) is 3.61. The van der Waals surface area contributed by atoms with Gasteiger partial charge in [-0.05, 0) is 32.4 Å². The predicted molar refractivity (Wildman–Crippen MR) is 77.8 cm³/mol. The second kappa shape index (κ2) is 5.76. The maximum atomic E-state index is 11.8. The van der Waals surface area contributed by atoms with Gasteiger partial charge < -0.3 is 21.1 Å². The number of hydrogen-bond acceptors (Lipinski definition) is 5. The van der Waals surface area contributed by atoms with E-state index in [1.165, 1.54) is 0 Å². The van der Waals surface area contributed by atoms with E-state index < -0.39 is 5.91 Å². The molecular weight excluding hydrogens is 256 g/mol. The minimum Gasteiger partial charge on any atom is -0.373 e. The van der Waals surface area contributed by atoms with Crippen LogP contribution in [-0.4, -0.2) is 42.7 Å². The summed E-state index contributed by atoms with van der Waals surface area (Å²) < 4.78 is 5.64. The zero-order valence-corrected chi connectivity index (χ0v) is 12.2. The highest BCUT2D eigenvalue weighted by atomic mass is 16.5. The van der Waals surface area contributed by atoms with Gasteiger partial charge in [0.15, 0.2) is 0 Å². The van der Waals surface area contributed by atoms with Crippen LogP contribution in [0.3, 0.4) is 0 Å². The first-order chi connectivity index (χ1) is 9.43. The molecule has 1 aliphatic rings. The van der Waals surface area contributed by atoms with Crippen LogP contribution in [0.4, 0.5) is 5.82 Å². The fourth-order valence-electron chi connectivity index (χ4n) is 2.58. The molecule has 0 radical (unpaired) electrons. The molecule has 1 amide bonds. The minimum absolute atomic E-state index is 0.0467. The molecule has 2 heterocycles. The fourth-order valence-corrected chi connectivity index (χ4v) is 2.58. The summed E-state index contributed by atoms with van der Waals surface area (Å²) in [6.45, 7) is 7.45. The van der Waals surface area contributed by atoms with Gasteiger partial charge in [0.2, 0.25) is 0 Å². The van der Waals surface area contributed by atoms with Gasteiger partial charge in [0.05, 0.1) is 24.3 Å². The summed E-state index contributed by atoms with van der Waals surface area (Å²) in [5.41, 5.74) is 13.4. The topological polar surface area (TPSA) is 94.5 Å². The molecular formula is C14H22N4O2. The molecule has 2 unspecified atom stereocenters. The number of primary amides is 1. The van der Waals surface area contributed by atoms with Crippen LogP contribution in [0.15, 0.2) is 6.07 Å². The van der Waals surface area contributed by atoms with E-state index in [0.29, 0.717) is 31.1 Å². The summed E-state index contributed by atoms with van der Waals surface area (Å²) >= 11 is 0. The third kappa shape index (κ3) is 2.76. The SMILES string of the molecule is Cc1cc(C)c(C(N)=O)c(N2CC(CN)OCC2C)n1. The summed E-state index contributed by atoms with van der Waals surface area (Å²) in [4.78, 5) is 18.4. The van der Waals surface area contributed by atoms with Crippen molar-refractivity contribution in [1.29, 1.82) is 0 Å². The third-order valence-electron chi connectivity index (χ3n) is 3.61. The Morgan fingerprint density at radius 3 is 2.85 bits per heavy atom. The van der Waals surface area contributed by atoms with Crippen LogP contribution >= 0.6 is 0 Å². The maximum Gasteiger partial charge on any atom is 0.252 e. The van der Waals surface area contributed by atoms with E-state index in [1.54, 1.807) is 0 Å². The van der Waals surface area contributed by atoms with Crippen LogP contribution in [0.25, 0.3) is 0 Å². The second-order valence-corrected chi connectivity index (χ2v) is 5.34. The lowest BCUT2D eigenvalue weighted by Crippen LogP contribution is -2.51. The van der Waals surface area contributed by atoms with Gasteiger partial charge in [-0.1, -0.05) is 0 Å². The van der Waals surface area contributed by atoms with E-state index in [1.807, 2.05) is 26.8 Å². The minimum atomic E-state index is -0.451. The fraction of sp³-hybridized carbons (Fsp3) is 0.571. The molecule has 1 aromatic rings. The molecule has 0 aliphatic carbocycles. The maximum absolute atomic E-state index is 11.8. The molecule has 20 heavy (non-hydrogen) atoms. The number of nitrogens with two attached hydrogens (primary N) is 2. The van der Waals surface area contributed by atoms with Crippen LogP contribution < -0.4 is 16.4 Å². The standard InChI is InChI=1S/C14H22N4O2/c1-8-4-9(2)17-14(12(8)13(16)19)18-6-11(5-15)20-7-10(18)3/h4,10-11H,5-7,15H2,1-3H3,(H2,16,19). The zero-order chi connectivity index (χ0) is 14.9. The highest BCUT2D eigenvalue weighted by molar-refractivity contribution is 5.99. The van der Waals surface area contributed by atoms with Crippen LogP contribution in [-0.2, 0) is 4.74 Å². The van der Waals surface area contributed by atoms with Crippen LogP contribution in [0.1, 0.15) is 28.5 Å². The number of carbonyl (C=O) groups is 1. The molecule has 1 aliphatic heterocycles. The Labute approximate surface area is 119 Å². The predicted octanol–water partition coefficient (Wildman–Crippen LogP) is 0.350. The molecule has 0 bridgehead atoms. The van der Waals surface area contributed by atoms with Gasteiger partial charge in [-0.3, -0.25) is 4.79 Å². The number of aryl methyl sites for hydroxylation is 2. The van der Waals surface area contributed by atoms with E-state index in [9.17, 15) is 4.79 Å². The van der Waals surface area contributed by atoms with Crippen molar-refractivity contribution in [3.05, 3.63) is 22.9 Å². The summed E-state index contributed by atoms with van der Waals surface area (Å²) in [7, 11) is 0. The summed E-state index contributed by atoms with van der Waals surface area (Å²) in [5.74, 6) is 0.192. The summed E-state index contributed by atoms with van der Waals surface area (Å²) in [5, 5.41) is 0. The number of ether oxygens (including phenoxy) is 1. The first-order valence-electron chi connectivity index (χ1n) is 6.80. The number of rotatable bonds is 3. The van der Waals surface area contributed by atoms with Crippen molar-refractivity contribution in [2.75, 3.05) is 24.6 Å². The number of carbonyl (C=O) groups excluding carboxylic acids is 1. The van der Waals surface area contributed by atoms with Gasteiger partial charge in [0.25, 0.3) is 5.91 Å². The van der Waals surface area contributed by atoms with Crippen molar-refractivity contribution < 1.29 is 9.53 Å². The molecule has 2 rings (SSSR count).